The van der Waals surface area contributed by atoms with Crippen LogP contribution >= 0.6 is 22.9 Å². The molecule has 0 fully saturated rings. The smallest absolute Gasteiger partial charge is 0.261 e. The second-order valence-corrected chi connectivity index (χ2v) is 6.06. The molecule has 0 radical (unpaired) electrons. The summed E-state index contributed by atoms with van der Waals surface area (Å²) >= 11 is 7.42. The fraction of sp³-hybridized carbons (Fsp3) is 0.250. The minimum atomic E-state index is -0.0719. The molecule has 0 spiro atoms. The van der Waals surface area contributed by atoms with Crippen LogP contribution < -0.4 is 10.6 Å². The average Bonchev–Trinajstić information content (AvgIpc) is 3.03. The number of thiophene rings is 1. The highest BCUT2D eigenvalue weighted by Gasteiger charge is 2.07. The predicted octanol–water partition coefficient (Wildman–Crippen LogP) is 2.88. The zero-order valence-corrected chi connectivity index (χ0v) is 13.5. The molecule has 0 bridgehead atoms. The van der Waals surface area contributed by atoms with Gasteiger partial charge >= 0.3 is 0 Å². The van der Waals surface area contributed by atoms with Crippen LogP contribution in [0, 0.1) is 0 Å². The van der Waals surface area contributed by atoms with Crippen molar-refractivity contribution in [2.24, 2.45) is 0 Å². The lowest BCUT2D eigenvalue weighted by Crippen LogP contribution is -2.30. The molecule has 0 atom stereocenters. The second-order valence-electron chi connectivity index (χ2n) is 4.70. The summed E-state index contributed by atoms with van der Waals surface area (Å²) in [5.74, 6) is -0.143. The third-order valence-electron chi connectivity index (χ3n) is 3.02. The Hall–Kier alpha value is -1.85. The van der Waals surface area contributed by atoms with Gasteiger partial charge in [-0.2, -0.15) is 0 Å². The van der Waals surface area contributed by atoms with E-state index >= 15 is 0 Å². The fourth-order valence-electron chi connectivity index (χ4n) is 1.89. The number of carbonyl (C=O) groups is 2. The number of benzene rings is 1. The van der Waals surface area contributed by atoms with Gasteiger partial charge < -0.3 is 10.6 Å². The van der Waals surface area contributed by atoms with E-state index in [1.807, 2.05) is 29.6 Å². The first-order valence-corrected chi connectivity index (χ1v) is 8.24. The zero-order chi connectivity index (χ0) is 15.8. The van der Waals surface area contributed by atoms with Gasteiger partial charge in [0.25, 0.3) is 5.91 Å². The maximum Gasteiger partial charge on any atom is 0.261 e. The molecule has 0 aliphatic carbocycles. The van der Waals surface area contributed by atoms with Crippen molar-refractivity contribution in [3.63, 3.8) is 0 Å². The van der Waals surface area contributed by atoms with Crippen molar-refractivity contribution in [2.75, 3.05) is 13.1 Å². The van der Waals surface area contributed by atoms with Gasteiger partial charge in [-0.1, -0.05) is 35.9 Å². The number of carbonyl (C=O) groups excluding carboxylic acids is 2. The monoisotopic (exact) mass is 336 g/mol. The molecule has 1 heterocycles. The Morgan fingerprint density at radius 2 is 1.82 bits per heavy atom. The van der Waals surface area contributed by atoms with E-state index in [-0.39, 0.29) is 18.2 Å². The van der Waals surface area contributed by atoms with Crippen molar-refractivity contribution < 1.29 is 9.59 Å². The van der Waals surface area contributed by atoms with Gasteiger partial charge in [0.2, 0.25) is 5.91 Å². The molecule has 0 aliphatic heterocycles. The lowest BCUT2D eigenvalue weighted by Gasteiger charge is -2.07. The molecule has 2 aromatic rings. The maximum atomic E-state index is 11.8. The molecule has 0 unspecified atom stereocenters. The molecule has 0 saturated heterocycles. The number of amides is 2. The van der Waals surface area contributed by atoms with Crippen molar-refractivity contribution in [1.82, 2.24) is 10.6 Å². The molecule has 0 saturated carbocycles. The van der Waals surface area contributed by atoms with Crippen LogP contribution in [-0.2, 0) is 11.2 Å². The summed E-state index contributed by atoms with van der Waals surface area (Å²) in [6.07, 6.45) is 0.951. The molecule has 4 nitrogen and oxygen atoms in total. The van der Waals surface area contributed by atoms with Gasteiger partial charge in [0.1, 0.15) is 0 Å². The fourth-order valence-corrected chi connectivity index (χ4v) is 2.73. The summed E-state index contributed by atoms with van der Waals surface area (Å²) in [7, 11) is 0. The van der Waals surface area contributed by atoms with Gasteiger partial charge in [0.15, 0.2) is 0 Å². The van der Waals surface area contributed by atoms with Crippen LogP contribution in [0.2, 0.25) is 5.02 Å². The first-order chi connectivity index (χ1) is 10.7. The Labute approximate surface area is 138 Å². The second kappa shape index (κ2) is 8.56. The normalized spacial score (nSPS) is 10.2. The standard InChI is InChI=1S/C16H17ClN2O2S/c17-13-6-2-1-5-12(13)11-15(20)18-8-4-9-19-16(21)14-7-3-10-22-14/h1-3,5-7,10H,4,8-9,11H2,(H,18,20)(H,19,21). The van der Waals surface area contributed by atoms with E-state index in [2.05, 4.69) is 10.6 Å². The maximum absolute atomic E-state index is 11.8. The first kappa shape index (κ1) is 16.5. The van der Waals surface area contributed by atoms with Crippen molar-refractivity contribution in [1.29, 1.82) is 0 Å². The van der Waals surface area contributed by atoms with E-state index in [1.165, 1.54) is 11.3 Å². The number of hydrogen-bond donors (Lipinski definition) is 2. The van der Waals surface area contributed by atoms with Gasteiger partial charge in [-0.15, -0.1) is 11.3 Å². The number of nitrogens with one attached hydrogen (secondary N) is 2. The minimum Gasteiger partial charge on any atom is -0.356 e. The Balaban J connectivity index is 1.61. The number of hydrogen-bond acceptors (Lipinski definition) is 3. The van der Waals surface area contributed by atoms with Crippen LogP contribution in [0.25, 0.3) is 0 Å². The molecule has 1 aromatic heterocycles. The molecule has 2 rings (SSSR count). The van der Waals surface area contributed by atoms with Crippen LogP contribution in [0.5, 0.6) is 0 Å². The largest absolute Gasteiger partial charge is 0.356 e. The Kier molecular flexibility index (Phi) is 6.43. The van der Waals surface area contributed by atoms with Gasteiger partial charge in [0.05, 0.1) is 11.3 Å². The third kappa shape index (κ3) is 5.16. The van der Waals surface area contributed by atoms with E-state index in [0.29, 0.717) is 29.4 Å². The summed E-state index contributed by atoms with van der Waals surface area (Å²) in [6.45, 7) is 1.05. The van der Waals surface area contributed by atoms with Crippen LogP contribution in [0.1, 0.15) is 21.7 Å². The van der Waals surface area contributed by atoms with Crippen molar-refractivity contribution in [2.45, 2.75) is 12.8 Å². The van der Waals surface area contributed by atoms with Gasteiger partial charge in [-0.3, -0.25) is 9.59 Å². The lowest BCUT2D eigenvalue weighted by atomic mass is 10.1. The Morgan fingerprint density at radius 3 is 2.55 bits per heavy atom. The van der Waals surface area contributed by atoms with Crippen LogP contribution in [0.3, 0.4) is 0 Å². The van der Waals surface area contributed by atoms with Gasteiger partial charge in [-0.25, -0.2) is 0 Å². The molecule has 2 amide bonds. The summed E-state index contributed by atoms with van der Waals surface area (Å²) in [5, 5.41) is 8.10. The summed E-state index contributed by atoms with van der Waals surface area (Å²) in [6, 6.07) is 10.9. The molecule has 22 heavy (non-hydrogen) atoms. The molecule has 6 heteroatoms. The number of rotatable bonds is 7. The molecule has 2 N–H and O–H groups in total. The molecule has 1 aromatic carbocycles. The highest BCUT2D eigenvalue weighted by molar-refractivity contribution is 7.12. The van der Waals surface area contributed by atoms with E-state index in [4.69, 9.17) is 11.6 Å². The van der Waals surface area contributed by atoms with Crippen molar-refractivity contribution >= 4 is 34.8 Å². The summed E-state index contributed by atoms with van der Waals surface area (Å²) in [5.41, 5.74) is 0.813. The molecular formula is C16H17ClN2O2S. The quantitative estimate of drug-likeness (QED) is 0.764. The highest BCUT2D eigenvalue weighted by atomic mass is 35.5. The Bertz CT molecular complexity index is 629. The Morgan fingerprint density at radius 1 is 1.05 bits per heavy atom. The number of halogens is 1. The van der Waals surface area contributed by atoms with Gasteiger partial charge in [-0.05, 0) is 29.5 Å². The van der Waals surface area contributed by atoms with Crippen LogP contribution in [0.15, 0.2) is 41.8 Å². The van der Waals surface area contributed by atoms with Crippen LogP contribution in [0.4, 0.5) is 0 Å². The van der Waals surface area contributed by atoms with Crippen molar-refractivity contribution in [3.8, 4) is 0 Å². The van der Waals surface area contributed by atoms with E-state index in [9.17, 15) is 9.59 Å². The highest BCUT2D eigenvalue weighted by Crippen LogP contribution is 2.15. The topological polar surface area (TPSA) is 58.2 Å². The minimum absolute atomic E-state index is 0.0716. The third-order valence-corrected chi connectivity index (χ3v) is 4.25. The summed E-state index contributed by atoms with van der Waals surface area (Å²) < 4.78 is 0. The SMILES string of the molecule is O=C(Cc1ccccc1Cl)NCCCNC(=O)c1cccs1. The first-order valence-electron chi connectivity index (χ1n) is 6.98. The van der Waals surface area contributed by atoms with E-state index in [1.54, 1.807) is 12.1 Å². The van der Waals surface area contributed by atoms with Crippen LogP contribution in [-0.4, -0.2) is 24.9 Å². The lowest BCUT2D eigenvalue weighted by molar-refractivity contribution is -0.120. The summed E-state index contributed by atoms with van der Waals surface area (Å²) in [4.78, 5) is 24.2. The molecule has 0 aliphatic rings. The van der Waals surface area contributed by atoms with Gasteiger partial charge in [0, 0.05) is 18.1 Å². The molecule has 116 valence electrons. The van der Waals surface area contributed by atoms with E-state index < -0.39 is 0 Å². The predicted molar refractivity (Wildman–Crippen MR) is 89.4 cm³/mol. The average molecular weight is 337 g/mol. The van der Waals surface area contributed by atoms with E-state index in [0.717, 1.165) is 5.56 Å². The zero-order valence-electron chi connectivity index (χ0n) is 12.0. The molecular weight excluding hydrogens is 320 g/mol. The van der Waals surface area contributed by atoms with Crippen molar-refractivity contribution in [3.05, 3.63) is 57.2 Å².